The van der Waals surface area contributed by atoms with E-state index in [2.05, 4.69) is 32.6 Å². The van der Waals surface area contributed by atoms with Gasteiger partial charge in [0, 0.05) is 11.1 Å². The van der Waals surface area contributed by atoms with E-state index in [0.29, 0.717) is 0 Å². The molecule has 2 rings (SSSR count). The van der Waals surface area contributed by atoms with Gasteiger partial charge in [0.1, 0.15) is 12.1 Å². The van der Waals surface area contributed by atoms with Crippen molar-refractivity contribution in [3.05, 3.63) is 27.7 Å². The van der Waals surface area contributed by atoms with Crippen LogP contribution in [0.25, 0.3) is 10.9 Å². The Balaban J connectivity index is 2.89. The molecule has 1 aromatic heterocycles. The number of hydrogen-bond acceptors (Lipinski definition) is 3. The number of hydrogen-bond donors (Lipinski definition) is 1. The van der Waals surface area contributed by atoms with Gasteiger partial charge in [0.05, 0.1) is 9.09 Å². The minimum absolute atomic E-state index is 0.283. The summed E-state index contributed by atoms with van der Waals surface area (Å²) in [6, 6.07) is 3.55. The van der Waals surface area contributed by atoms with Crippen molar-refractivity contribution in [1.29, 1.82) is 0 Å². The molecule has 0 saturated heterocycles. The number of nitrogens with zero attached hydrogens (tertiary/aromatic N) is 2. The van der Waals surface area contributed by atoms with Gasteiger partial charge in [0.2, 0.25) is 0 Å². The summed E-state index contributed by atoms with van der Waals surface area (Å²) in [5, 5.41) is 10.4. The Kier molecular flexibility index (Phi) is 2.07. The van der Waals surface area contributed by atoms with Gasteiger partial charge < -0.3 is 5.11 Å². The molecule has 0 radical (unpaired) electrons. The van der Waals surface area contributed by atoms with Crippen LogP contribution in [0.4, 0.5) is 0 Å². The van der Waals surface area contributed by atoms with Crippen LogP contribution in [-0.4, -0.2) is 15.1 Å². The van der Waals surface area contributed by atoms with E-state index in [9.17, 15) is 5.11 Å². The molecule has 0 bridgehead atoms. The van der Waals surface area contributed by atoms with Gasteiger partial charge in [-0.15, -0.1) is 0 Å². The summed E-state index contributed by atoms with van der Waals surface area (Å²) in [6.45, 7) is 1.90. The lowest BCUT2D eigenvalue weighted by Crippen LogP contribution is -1.87. The highest BCUT2D eigenvalue weighted by Crippen LogP contribution is 2.25. The smallest absolute Gasteiger partial charge is 0.129 e. The zero-order chi connectivity index (χ0) is 9.42. The second-order valence-electron chi connectivity index (χ2n) is 2.78. The van der Waals surface area contributed by atoms with Gasteiger partial charge in [-0.2, -0.15) is 0 Å². The molecule has 1 heterocycles. The van der Waals surface area contributed by atoms with Gasteiger partial charge in [-0.25, -0.2) is 9.97 Å². The minimum atomic E-state index is 0.283. The fourth-order valence-electron chi connectivity index (χ4n) is 1.20. The summed E-state index contributed by atoms with van der Waals surface area (Å²) in [7, 11) is 0. The molecule has 0 aliphatic heterocycles. The maximum Gasteiger partial charge on any atom is 0.129 e. The summed E-state index contributed by atoms with van der Waals surface area (Å²) >= 11 is 2.07. The van der Waals surface area contributed by atoms with Gasteiger partial charge in [-0.3, -0.25) is 0 Å². The van der Waals surface area contributed by atoms with Crippen molar-refractivity contribution in [2.45, 2.75) is 6.92 Å². The molecule has 0 atom stereocenters. The highest BCUT2D eigenvalue weighted by atomic mass is 127. The van der Waals surface area contributed by atoms with Crippen LogP contribution >= 0.6 is 22.6 Å². The van der Waals surface area contributed by atoms with Gasteiger partial charge in [0.25, 0.3) is 0 Å². The van der Waals surface area contributed by atoms with E-state index >= 15 is 0 Å². The average molecular weight is 286 g/mol. The molecule has 1 N–H and O–H groups in total. The first-order valence-electron chi connectivity index (χ1n) is 3.78. The van der Waals surface area contributed by atoms with Crippen LogP contribution < -0.4 is 0 Å². The van der Waals surface area contributed by atoms with Crippen LogP contribution in [0.1, 0.15) is 5.69 Å². The van der Waals surface area contributed by atoms with Crippen LogP contribution in [0.15, 0.2) is 18.5 Å². The van der Waals surface area contributed by atoms with Crippen molar-refractivity contribution in [1.82, 2.24) is 9.97 Å². The molecule has 4 heteroatoms. The van der Waals surface area contributed by atoms with E-state index in [1.807, 2.05) is 13.0 Å². The topological polar surface area (TPSA) is 46.0 Å². The zero-order valence-corrected chi connectivity index (χ0v) is 9.11. The highest BCUT2D eigenvalue weighted by molar-refractivity contribution is 14.1. The summed E-state index contributed by atoms with van der Waals surface area (Å²) in [4.78, 5) is 8.17. The van der Waals surface area contributed by atoms with Gasteiger partial charge in [0.15, 0.2) is 0 Å². The van der Waals surface area contributed by atoms with Gasteiger partial charge >= 0.3 is 0 Å². The predicted octanol–water partition coefficient (Wildman–Crippen LogP) is 2.25. The van der Waals surface area contributed by atoms with Gasteiger partial charge in [-0.1, -0.05) is 0 Å². The fourth-order valence-corrected chi connectivity index (χ4v) is 1.65. The number of phenolic OH excluding ortho intramolecular Hbond substituents is 1. The van der Waals surface area contributed by atoms with Crippen molar-refractivity contribution in [3.63, 3.8) is 0 Å². The number of benzene rings is 1. The van der Waals surface area contributed by atoms with E-state index in [4.69, 9.17) is 0 Å². The lowest BCUT2D eigenvalue weighted by atomic mass is 10.2. The fraction of sp³-hybridized carbons (Fsp3) is 0.111. The maximum absolute atomic E-state index is 9.48. The molecule has 0 aliphatic rings. The predicted molar refractivity (Wildman–Crippen MR) is 58.7 cm³/mol. The molecule has 0 amide bonds. The molecular weight excluding hydrogens is 279 g/mol. The van der Waals surface area contributed by atoms with E-state index in [-0.39, 0.29) is 5.75 Å². The van der Waals surface area contributed by atoms with Crippen molar-refractivity contribution < 1.29 is 5.11 Å². The van der Waals surface area contributed by atoms with Crippen LogP contribution in [0, 0.1) is 10.5 Å². The number of aromatic hydroxyl groups is 1. The lowest BCUT2D eigenvalue weighted by molar-refractivity contribution is 0.472. The van der Waals surface area contributed by atoms with Crippen LogP contribution in [0.3, 0.4) is 0 Å². The van der Waals surface area contributed by atoms with Crippen molar-refractivity contribution in [2.24, 2.45) is 0 Å². The highest BCUT2D eigenvalue weighted by Gasteiger charge is 2.03. The molecule has 13 heavy (non-hydrogen) atoms. The van der Waals surface area contributed by atoms with E-state index in [1.54, 1.807) is 6.07 Å². The first-order valence-corrected chi connectivity index (χ1v) is 4.86. The van der Waals surface area contributed by atoms with Crippen molar-refractivity contribution in [2.75, 3.05) is 0 Å². The second-order valence-corrected chi connectivity index (χ2v) is 3.94. The first kappa shape index (κ1) is 8.68. The second kappa shape index (κ2) is 3.10. The zero-order valence-electron chi connectivity index (χ0n) is 6.95. The SMILES string of the molecule is Cc1ncnc2cc(I)c(O)cc12. The Morgan fingerprint density at radius 2 is 2.08 bits per heavy atom. The standard InChI is InChI=1S/C9H7IN2O/c1-5-6-2-9(13)7(10)3-8(6)12-4-11-5/h2-4,13H,1H3. The maximum atomic E-state index is 9.48. The first-order chi connectivity index (χ1) is 6.18. The van der Waals surface area contributed by atoms with Crippen LogP contribution in [0.5, 0.6) is 5.75 Å². The van der Waals surface area contributed by atoms with E-state index in [1.165, 1.54) is 6.33 Å². The molecule has 3 nitrogen and oxygen atoms in total. The lowest BCUT2D eigenvalue weighted by Gasteiger charge is -2.02. The molecule has 0 spiro atoms. The molecule has 2 aromatic rings. The Morgan fingerprint density at radius 3 is 2.85 bits per heavy atom. The van der Waals surface area contributed by atoms with E-state index < -0.39 is 0 Å². The van der Waals surface area contributed by atoms with Crippen LogP contribution in [-0.2, 0) is 0 Å². The number of phenols is 1. The molecule has 0 fully saturated rings. The Hall–Kier alpha value is -0.910. The summed E-state index contributed by atoms with van der Waals surface area (Å²) in [5.74, 6) is 0.283. The number of aryl methyl sites for hydroxylation is 1. The molecular formula is C9H7IN2O. The Bertz CT molecular complexity index is 470. The Labute approximate surface area is 89.0 Å². The van der Waals surface area contributed by atoms with Crippen molar-refractivity contribution in [3.8, 4) is 5.75 Å². The Morgan fingerprint density at radius 1 is 1.31 bits per heavy atom. The third-order valence-electron chi connectivity index (χ3n) is 1.90. The average Bonchev–Trinajstić information content (AvgIpc) is 2.09. The van der Waals surface area contributed by atoms with Crippen molar-refractivity contribution >= 4 is 33.5 Å². The third-order valence-corrected chi connectivity index (χ3v) is 2.77. The third kappa shape index (κ3) is 1.46. The summed E-state index contributed by atoms with van der Waals surface area (Å²) < 4.78 is 0.809. The number of halogens is 1. The largest absolute Gasteiger partial charge is 0.507 e. The number of aromatic nitrogens is 2. The number of rotatable bonds is 0. The minimum Gasteiger partial charge on any atom is -0.507 e. The summed E-state index contributed by atoms with van der Waals surface area (Å²) in [6.07, 6.45) is 1.53. The molecule has 0 unspecified atom stereocenters. The monoisotopic (exact) mass is 286 g/mol. The molecule has 1 aromatic carbocycles. The quantitative estimate of drug-likeness (QED) is 0.755. The summed E-state index contributed by atoms with van der Waals surface area (Å²) in [5.41, 5.74) is 1.76. The van der Waals surface area contributed by atoms with Gasteiger partial charge in [-0.05, 0) is 41.6 Å². The normalized spacial score (nSPS) is 10.6. The van der Waals surface area contributed by atoms with E-state index in [0.717, 1.165) is 20.2 Å². The molecule has 0 aliphatic carbocycles. The molecule has 66 valence electrons. The number of fused-ring (bicyclic) bond motifs is 1. The molecule has 0 saturated carbocycles. The van der Waals surface area contributed by atoms with Crippen LogP contribution in [0.2, 0.25) is 0 Å².